The zero-order valence-corrected chi connectivity index (χ0v) is 13.6. The van der Waals surface area contributed by atoms with Crippen molar-refractivity contribution in [1.29, 1.82) is 0 Å². The monoisotopic (exact) mass is 339 g/mol. The summed E-state index contributed by atoms with van der Waals surface area (Å²) in [6.45, 7) is 1.34. The molecule has 0 aliphatic carbocycles. The molecule has 0 aromatic heterocycles. The van der Waals surface area contributed by atoms with Gasteiger partial charge in [-0.1, -0.05) is 6.07 Å². The smallest absolute Gasteiger partial charge is 0.303 e. The highest BCUT2D eigenvalue weighted by molar-refractivity contribution is 5.76. The van der Waals surface area contributed by atoms with E-state index in [1.54, 1.807) is 4.90 Å². The second kappa shape index (κ2) is 8.76. The molecule has 132 valence electrons. The Labute approximate surface area is 140 Å². The van der Waals surface area contributed by atoms with E-state index in [9.17, 15) is 18.4 Å². The molecule has 1 aromatic rings. The first-order chi connectivity index (χ1) is 11.5. The first kappa shape index (κ1) is 18.4. The van der Waals surface area contributed by atoms with Gasteiger partial charge in [-0.15, -0.1) is 0 Å². The average molecular weight is 339 g/mol. The van der Waals surface area contributed by atoms with Crippen LogP contribution in [-0.4, -0.2) is 35.0 Å². The Bertz CT molecular complexity index is 592. The summed E-state index contributed by atoms with van der Waals surface area (Å²) in [7, 11) is 0. The lowest BCUT2D eigenvalue weighted by Gasteiger charge is -2.32. The van der Waals surface area contributed by atoms with Crippen molar-refractivity contribution >= 4 is 11.9 Å². The molecular formula is C18H23F2NO3. The maximum absolute atomic E-state index is 13.1. The number of hydrogen-bond acceptors (Lipinski definition) is 2. The topological polar surface area (TPSA) is 57.6 Å². The van der Waals surface area contributed by atoms with Crippen LogP contribution in [-0.2, 0) is 16.0 Å². The molecule has 0 radical (unpaired) electrons. The summed E-state index contributed by atoms with van der Waals surface area (Å²) in [5, 5.41) is 8.75. The number of carboxylic acid groups (broad SMARTS) is 1. The van der Waals surface area contributed by atoms with Gasteiger partial charge in [0.1, 0.15) is 0 Å². The normalized spacial score (nSPS) is 17.8. The number of halogens is 2. The Morgan fingerprint density at radius 3 is 2.71 bits per heavy atom. The summed E-state index contributed by atoms with van der Waals surface area (Å²) in [4.78, 5) is 24.7. The third-order valence-corrected chi connectivity index (χ3v) is 4.48. The molecule has 24 heavy (non-hydrogen) atoms. The maximum Gasteiger partial charge on any atom is 0.303 e. The number of piperidine rings is 1. The predicted octanol–water partition coefficient (Wildman–Crippen LogP) is 3.39. The number of hydrogen-bond donors (Lipinski definition) is 1. The number of rotatable bonds is 7. The van der Waals surface area contributed by atoms with Gasteiger partial charge in [-0.2, -0.15) is 0 Å². The third-order valence-electron chi connectivity index (χ3n) is 4.48. The van der Waals surface area contributed by atoms with Crippen molar-refractivity contribution in [2.24, 2.45) is 5.92 Å². The van der Waals surface area contributed by atoms with E-state index >= 15 is 0 Å². The number of nitrogens with zero attached hydrogens (tertiary/aromatic N) is 1. The molecule has 1 N–H and O–H groups in total. The van der Waals surface area contributed by atoms with Crippen LogP contribution >= 0.6 is 0 Å². The zero-order chi connectivity index (χ0) is 17.5. The molecule has 4 nitrogen and oxygen atoms in total. The number of likely N-dealkylation sites (tertiary alicyclic amines) is 1. The van der Waals surface area contributed by atoms with Gasteiger partial charge in [-0.3, -0.25) is 9.59 Å². The van der Waals surface area contributed by atoms with Crippen LogP contribution in [0.4, 0.5) is 8.78 Å². The van der Waals surface area contributed by atoms with Gasteiger partial charge in [0, 0.05) is 25.9 Å². The van der Waals surface area contributed by atoms with E-state index in [0.717, 1.165) is 18.9 Å². The lowest BCUT2D eigenvalue weighted by Crippen LogP contribution is -2.40. The fraction of sp³-hybridized carbons (Fsp3) is 0.556. The third kappa shape index (κ3) is 5.58. The number of aryl methyl sites for hydroxylation is 1. The summed E-state index contributed by atoms with van der Waals surface area (Å²) < 4.78 is 26.0. The number of benzene rings is 1. The lowest BCUT2D eigenvalue weighted by atomic mass is 9.93. The van der Waals surface area contributed by atoms with Crippen molar-refractivity contribution in [1.82, 2.24) is 4.90 Å². The lowest BCUT2D eigenvalue weighted by molar-refractivity contribution is -0.137. The number of carbonyl (C=O) groups excluding carboxylic acids is 1. The molecule has 1 saturated heterocycles. The largest absolute Gasteiger partial charge is 0.481 e. The van der Waals surface area contributed by atoms with Gasteiger partial charge in [-0.25, -0.2) is 8.78 Å². The molecular weight excluding hydrogens is 316 g/mol. The van der Waals surface area contributed by atoms with Crippen molar-refractivity contribution in [3.8, 4) is 0 Å². The van der Waals surface area contributed by atoms with Crippen LogP contribution in [0.5, 0.6) is 0 Å². The first-order valence-corrected chi connectivity index (χ1v) is 8.39. The van der Waals surface area contributed by atoms with Crippen LogP contribution in [0.2, 0.25) is 0 Å². The van der Waals surface area contributed by atoms with Crippen molar-refractivity contribution in [2.75, 3.05) is 13.1 Å². The summed E-state index contributed by atoms with van der Waals surface area (Å²) in [5.41, 5.74) is 0.680. The van der Waals surface area contributed by atoms with Gasteiger partial charge in [0.05, 0.1) is 0 Å². The van der Waals surface area contributed by atoms with Crippen LogP contribution < -0.4 is 0 Å². The van der Waals surface area contributed by atoms with Gasteiger partial charge in [0.25, 0.3) is 0 Å². The maximum atomic E-state index is 13.1. The average Bonchev–Trinajstić information content (AvgIpc) is 2.56. The summed E-state index contributed by atoms with van der Waals surface area (Å²) in [6, 6.07) is 3.80. The molecule has 1 fully saturated rings. The zero-order valence-electron chi connectivity index (χ0n) is 13.6. The molecule has 0 saturated carbocycles. The van der Waals surface area contributed by atoms with E-state index < -0.39 is 17.6 Å². The van der Waals surface area contributed by atoms with E-state index in [4.69, 9.17) is 5.11 Å². The Hall–Kier alpha value is -1.98. The standard InChI is InChI=1S/C18H23F2NO3/c19-15-8-6-13(11-16(15)20)3-1-5-17(22)21-10-2-4-14(12-21)7-9-18(23)24/h6,8,11,14H,1-5,7,9-10,12H2,(H,23,24). The van der Waals surface area contributed by atoms with Gasteiger partial charge in [0.15, 0.2) is 11.6 Å². The molecule has 6 heteroatoms. The molecule has 1 amide bonds. The second-order valence-corrected chi connectivity index (χ2v) is 6.38. The summed E-state index contributed by atoms with van der Waals surface area (Å²) >= 11 is 0. The molecule has 1 aromatic carbocycles. The van der Waals surface area contributed by atoms with E-state index in [2.05, 4.69) is 0 Å². The first-order valence-electron chi connectivity index (χ1n) is 8.39. The second-order valence-electron chi connectivity index (χ2n) is 6.38. The fourth-order valence-electron chi connectivity index (χ4n) is 3.15. The minimum absolute atomic E-state index is 0.0533. The van der Waals surface area contributed by atoms with Gasteiger partial charge >= 0.3 is 5.97 Å². The number of carboxylic acids is 1. The predicted molar refractivity (Wildman–Crippen MR) is 85.5 cm³/mol. The fourth-order valence-corrected chi connectivity index (χ4v) is 3.15. The van der Waals surface area contributed by atoms with Crippen LogP contribution in [0.1, 0.15) is 44.1 Å². The van der Waals surface area contributed by atoms with Gasteiger partial charge in [-0.05, 0) is 55.7 Å². The van der Waals surface area contributed by atoms with Crippen molar-refractivity contribution in [3.63, 3.8) is 0 Å². The molecule has 1 aliphatic heterocycles. The summed E-state index contributed by atoms with van der Waals surface area (Å²) in [6.07, 6.45) is 4.09. The van der Waals surface area contributed by atoms with E-state index in [1.165, 1.54) is 12.1 Å². The Morgan fingerprint density at radius 1 is 1.21 bits per heavy atom. The number of aliphatic carboxylic acids is 1. The van der Waals surface area contributed by atoms with Crippen LogP contribution in [0.3, 0.4) is 0 Å². The molecule has 0 spiro atoms. The van der Waals surface area contributed by atoms with Gasteiger partial charge in [0.2, 0.25) is 5.91 Å². The molecule has 2 rings (SSSR count). The number of carbonyl (C=O) groups is 2. The Morgan fingerprint density at radius 2 is 2.00 bits per heavy atom. The van der Waals surface area contributed by atoms with Crippen molar-refractivity contribution in [3.05, 3.63) is 35.4 Å². The van der Waals surface area contributed by atoms with Gasteiger partial charge < -0.3 is 10.0 Å². The quantitative estimate of drug-likeness (QED) is 0.828. The Kier molecular flexibility index (Phi) is 6.70. The van der Waals surface area contributed by atoms with Crippen molar-refractivity contribution < 1.29 is 23.5 Å². The van der Waals surface area contributed by atoms with E-state index in [1.807, 2.05) is 0 Å². The highest BCUT2D eigenvalue weighted by Gasteiger charge is 2.23. The van der Waals surface area contributed by atoms with Crippen LogP contribution in [0.25, 0.3) is 0 Å². The molecule has 1 atom stereocenters. The minimum Gasteiger partial charge on any atom is -0.481 e. The van der Waals surface area contributed by atoms with E-state index in [-0.39, 0.29) is 18.2 Å². The molecule has 1 heterocycles. The SMILES string of the molecule is O=C(O)CCC1CCCN(C(=O)CCCc2ccc(F)c(F)c2)C1. The van der Waals surface area contributed by atoms with Crippen LogP contribution in [0.15, 0.2) is 18.2 Å². The molecule has 1 unspecified atom stereocenters. The molecule has 1 aliphatic rings. The number of amides is 1. The van der Waals surface area contributed by atoms with E-state index in [0.29, 0.717) is 44.3 Å². The minimum atomic E-state index is -0.865. The van der Waals surface area contributed by atoms with Crippen molar-refractivity contribution in [2.45, 2.75) is 44.9 Å². The highest BCUT2D eigenvalue weighted by atomic mass is 19.2. The van der Waals surface area contributed by atoms with Crippen LogP contribution in [0, 0.1) is 17.6 Å². The molecule has 0 bridgehead atoms. The summed E-state index contributed by atoms with van der Waals surface area (Å²) in [5.74, 6) is -2.22. The highest BCUT2D eigenvalue weighted by Crippen LogP contribution is 2.22. The Balaban J connectivity index is 1.75.